The molecule has 0 bridgehead atoms. The first-order chi connectivity index (χ1) is 26.8. The Hall–Kier alpha value is -5.66. The zero-order valence-electron chi connectivity index (χ0n) is 32.4. The molecule has 1 nitrogen and oxygen atoms in total. The molecule has 0 saturated heterocycles. The van der Waals surface area contributed by atoms with Crippen LogP contribution in [0, 0.1) is 0 Å². The number of hydrogen-bond acceptors (Lipinski definition) is 1. The second-order valence-corrected chi connectivity index (χ2v) is 17.6. The molecule has 1 fully saturated rings. The van der Waals surface area contributed by atoms with Gasteiger partial charge >= 0.3 is 0 Å². The summed E-state index contributed by atoms with van der Waals surface area (Å²) in [4.78, 5) is 2.58. The molecule has 4 aliphatic carbocycles. The first-order valence-corrected chi connectivity index (χ1v) is 20.4. The Morgan fingerprint density at radius 3 is 1.64 bits per heavy atom. The van der Waals surface area contributed by atoms with Crippen molar-refractivity contribution >= 4 is 17.1 Å². The predicted molar refractivity (Wildman–Crippen MR) is 231 cm³/mol. The summed E-state index contributed by atoms with van der Waals surface area (Å²) in [5.74, 6) is 0. The fraction of sp³-hybridized carbons (Fsp3) is 0.222. The quantitative estimate of drug-likeness (QED) is 0.176. The first-order valence-electron chi connectivity index (χ1n) is 20.4. The summed E-state index contributed by atoms with van der Waals surface area (Å²) in [6, 6.07) is 58.1. The zero-order valence-corrected chi connectivity index (χ0v) is 32.4. The van der Waals surface area contributed by atoms with Crippen LogP contribution in [0.3, 0.4) is 0 Å². The van der Waals surface area contributed by atoms with Crippen LogP contribution in [0.4, 0.5) is 17.1 Å². The number of hydrogen-bond donors (Lipinski definition) is 0. The van der Waals surface area contributed by atoms with Gasteiger partial charge in [-0.3, -0.25) is 0 Å². The number of benzene rings is 7. The van der Waals surface area contributed by atoms with Crippen molar-refractivity contribution in [3.05, 3.63) is 185 Å². The molecule has 0 N–H and O–H groups in total. The van der Waals surface area contributed by atoms with Crippen LogP contribution in [-0.2, 0) is 16.2 Å². The molecule has 1 heteroatoms. The Bertz CT molecular complexity index is 2700. The van der Waals surface area contributed by atoms with Crippen LogP contribution >= 0.6 is 0 Å². The van der Waals surface area contributed by atoms with Crippen LogP contribution in [0.15, 0.2) is 152 Å². The van der Waals surface area contributed by atoms with E-state index >= 15 is 0 Å². The van der Waals surface area contributed by atoms with Gasteiger partial charge in [0.15, 0.2) is 0 Å². The average molecular weight is 710 g/mol. The molecular formula is C54H47N. The molecule has 7 aromatic rings. The lowest BCUT2D eigenvalue weighted by Gasteiger charge is -2.37. The Balaban J connectivity index is 1.17. The Kier molecular flexibility index (Phi) is 6.95. The summed E-state index contributed by atoms with van der Waals surface area (Å²) in [5, 5.41) is 0. The summed E-state index contributed by atoms with van der Waals surface area (Å²) in [5.41, 5.74) is 23.0. The molecule has 1 spiro atoms. The van der Waals surface area contributed by atoms with Gasteiger partial charge in [-0.15, -0.1) is 0 Å². The van der Waals surface area contributed by atoms with Crippen molar-refractivity contribution in [2.75, 3.05) is 4.90 Å². The van der Waals surface area contributed by atoms with Crippen molar-refractivity contribution in [2.24, 2.45) is 0 Å². The fourth-order valence-electron chi connectivity index (χ4n) is 11.4. The highest BCUT2D eigenvalue weighted by atomic mass is 15.1. The molecule has 0 aromatic heterocycles. The number of rotatable bonds is 4. The number of fused-ring (bicyclic) bond motifs is 11. The second kappa shape index (κ2) is 11.7. The molecule has 7 aromatic carbocycles. The van der Waals surface area contributed by atoms with E-state index in [1.807, 2.05) is 0 Å². The number of nitrogens with zero attached hydrogens (tertiary/aromatic N) is 1. The van der Waals surface area contributed by atoms with Gasteiger partial charge in [-0.2, -0.15) is 0 Å². The molecule has 55 heavy (non-hydrogen) atoms. The summed E-state index contributed by atoms with van der Waals surface area (Å²) in [6.45, 7) is 9.52. The van der Waals surface area contributed by atoms with E-state index in [1.54, 1.807) is 0 Å². The van der Waals surface area contributed by atoms with E-state index in [9.17, 15) is 0 Å². The lowest BCUT2D eigenvalue weighted by molar-refractivity contribution is 0.353. The maximum absolute atomic E-state index is 2.58. The van der Waals surface area contributed by atoms with Gasteiger partial charge in [0.05, 0.1) is 5.69 Å². The maximum Gasteiger partial charge on any atom is 0.0540 e. The van der Waals surface area contributed by atoms with Gasteiger partial charge in [0, 0.05) is 33.2 Å². The topological polar surface area (TPSA) is 3.24 Å². The van der Waals surface area contributed by atoms with E-state index in [1.165, 1.54) is 127 Å². The van der Waals surface area contributed by atoms with Gasteiger partial charge in [0.2, 0.25) is 0 Å². The molecule has 4 aliphatic rings. The van der Waals surface area contributed by atoms with Crippen LogP contribution in [0.1, 0.15) is 93.2 Å². The molecule has 0 radical (unpaired) electrons. The number of anilines is 3. The molecule has 1 saturated carbocycles. The standard InChI is InChI=1S/C54H47N/c1-52(2)44-22-10-6-18-38(44)43-33-35(28-30-46(43)52)55(36-27-29-39-37-17-7-12-24-47(37)54(49(39)34-36)31-14-5-15-32-54)50-26-13-9-19-40(50)41-21-16-25-48-51(41)42-20-8-11-23-45(42)53(48,3)4/h6-13,16-30,33-34H,5,14-15,31-32H2,1-4H3. The third-order valence-corrected chi connectivity index (χ3v) is 14.1. The van der Waals surface area contributed by atoms with E-state index in [4.69, 9.17) is 0 Å². The highest BCUT2D eigenvalue weighted by molar-refractivity contribution is 5.99. The summed E-state index contributed by atoms with van der Waals surface area (Å²) in [6.07, 6.45) is 6.32. The molecule has 0 unspecified atom stereocenters. The van der Waals surface area contributed by atoms with Gasteiger partial charge in [-0.1, -0.05) is 168 Å². The second-order valence-electron chi connectivity index (χ2n) is 17.6. The van der Waals surface area contributed by atoms with Gasteiger partial charge in [-0.25, -0.2) is 0 Å². The van der Waals surface area contributed by atoms with Gasteiger partial charge in [-0.05, 0) is 115 Å². The number of para-hydroxylation sites is 1. The summed E-state index contributed by atoms with van der Waals surface area (Å²) >= 11 is 0. The van der Waals surface area contributed by atoms with Crippen molar-refractivity contribution in [2.45, 2.75) is 76.0 Å². The molecule has 268 valence electrons. The van der Waals surface area contributed by atoms with Crippen LogP contribution in [0.25, 0.3) is 44.5 Å². The third kappa shape index (κ3) is 4.47. The van der Waals surface area contributed by atoms with Crippen LogP contribution in [0.2, 0.25) is 0 Å². The maximum atomic E-state index is 2.58. The van der Waals surface area contributed by atoms with E-state index in [0.717, 1.165) is 0 Å². The van der Waals surface area contributed by atoms with E-state index < -0.39 is 0 Å². The van der Waals surface area contributed by atoms with Gasteiger partial charge in [0.25, 0.3) is 0 Å². The largest absolute Gasteiger partial charge is 0.310 e. The SMILES string of the molecule is CC1(C)c2ccccc2-c2cc(N(c3ccc4c(c3)C3(CCCCC3)c3ccccc3-4)c3ccccc3-c3cccc4c3-c3ccccc3C4(C)C)ccc21. The monoisotopic (exact) mass is 709 g/mol. The smallest absolute Gasteiger partial charge is 0.0540 e. The lowest BCUT2D eigenvalue weighted by atomic mass is 9.68. The predicted octanol–water partition coefficient (Wildman–Crippen LogP) is 14.7. The fourth-order valence-corrected chi connectivity index (χ4v) is 11.4. The van der Waals surface area contributed by atoms with Gasteiger partial charge < -0.3 is 4.90 Å². The Labute approximate surface area is 326 Å². The van der Waals surface area contributed by atoms with Crippen LogP contribution in [-0.4, -0.2) is 0 Å². The van der Waals surface area contributed by atoms with E-state index in [0.29, 0.717) is 0 Å². The van der Waals surface area contributed by atoms with Gasteiger partial charge in [0.1, 0.15) is 0 Å². The Morgan fingerprint density at radius 2 is 0.873 bits per heavy atom. The summed E-state index contributed by atoms with van der Waals surface area (Å²) in [7, 11) is 0. The first kappa shape index (κ1) is 32.7. The van der Waals surface area contributed by atoms with E-state index in [-0.39, 0.29) is 16.2 Å². The minimum Gasteiger partial charge on any atom is -0.310 e. The van der Waals surface area contributed by atoms with Crippen molar-refractivity contribution in [3.63, 3.8) is 0 Å². The normalized spacial score (nSPS) is 17.2. The van der Waals surface area contributed by atoms with Crippen molar-refractivity contribution in [3.8, 4) is 44.5 Å². The van der Waals surface area contributed by atoms with Crippen LogP contribution in [0.5, 0.6) is 0 Å². The summed E-state index contributed by atoms with van der Waals surface area (Å²) < 4.78 is 0. The van der Waals surface area contributed by atoms with E-state index in [2.05, 4.69) is 184 Å². The average Bonchev–Trinajstić information content (AvgIpc) is 3.72. The third-order valence-electron chi connectivity index (χ3n) is 14.1. The zero-order chi connectivity index (χ0) is 37.1. The molecule has 0 amide bonds. The van der Waals surface area contributed by atoms with Crippen LogP contribution < -0.4 is 4.90 Å². The highest BCUT2D eigenvalue weighted by Gasteiger charge is 2.44. The Morgan fingerprint density at radius 1 is 0.364 bits per heavy atom. The lowest BCUT2D eigenvalue weighted by Crippen LogP contribution is -2.28. The van der Waals surface area contributed by atoms with Crippen molar-refractivity contribution in [1.29, 1.82) is 0 Å². The minimum absolute atomic E-state index is 0.0509. The highest BCUT2D eigenvalue weighted by Crippen LogP contribution is 2.59. The van der Waals surface area contributed by atoms with Crippen molar-refractivity contribution < 1.29 is 0 Å². The molecule has 0 heterocycles. The molecule has 0 aliphatic heterocycles. The molecular weight excluding hydrogens is 663 g/mol. The molecule has 11 rings (SSSR count). The minimum atomic E-state index is -0.0694. The molecule has 0 atom stereocenters. The van der Waals surface area contributed by atoms with Crippen molar-refractivity contribution in [1.82, 2.24) is 0 Å².